The molecule has 2 N–H and O–H groups in total. The van der Waals surface area contributed by atoms with Crippen LogP contribution in [0.3, 0.4) is 0 Å². The third-order valence-electron chi connectivity index (χ3n) is 9.39. The van der Waals surface area contributed by atoms with Gasteiger partial charge in [0, 0.05) is 25.3 Å². The fourth-order valence-electron chi connectivity index (χ4n) is 6.21. The van der Waals surface area contributed by atoms with E-state index >= 15 is 0 Å². The Morgan fingerprint density at radius 2 is 0.934 bits per heavy atom. The number of anilines is 1. The van der Waals surface area contributed by atoms with Crippen LogP contribution in [-0.2, 0) is 61.7 Å². The number of ether oxygens (including phenoxy) is 11. The van der Waals surface area contributed by atoms with Crippen molar-refractivity contribution >= 4 is 29.3 Å². The minimum absolute atomic E-state index is 0.0658. The SMILES string of the molecule is CCCCCCCCOCCOCCOCCOCCOCCOCCOCCOCCOCCOCCOCCNc1cccc2c1C(=O)N(C1CCC(=O)NC1=O)C2=O. The fraction of sp³-hybridized carbons (Fsp3) is 0.767. The summed E-state index contributed by atoms with van der Waals surface area (Å²) in [4.78, 5) is 50.9. The molecule has 1 aromatic rings. The zero-order valence-corrected chi connectivity index (χ0v) is 36.3. The third kappa shape index (κ3) is 23.2. The van der Waals surface area contributed by atoms with Crippen molar-refractivity contribution in [1.82, 2.24) is 10.2 Å². The molecular formula is C43H71N3O15. The highest BCUT2D eigenvalue weighted by Gasteiger charge is 2.45. The fourth-order valence-corrected chi connectivity index (χ4v) is 6.21. The van der Waals surface area contributed by atoms with E-state index in [1.165, 1.54) is 32.1 Å². The van der Waals surface area contributed by atoms with Gasteiger partial charge in [-0.2, -0.15) is 0 Å². The van der Waals surface area contributed by atoms with Gasteiger partial charge in [-0.05, 0) is 25.0 Å². The molecule has 348 valence electrons. The minimum atomic E-state index is -1.01. The summed E-state index contributed by atoms with van der Waals surface area (Å²) in [6.07, 6.45) is 7.79. The Bertz CT molecular complexity index is 1340. The Labute approximate surface area is 361 Å². The first-order valence-corrected chi connectivity index (χ1v) is 22.0. The maximum atomic E-state index is 13.2. The van der Waals surface area contributed by atoms with Gasteiger partial charge in [-0.25, -0.2) is 0 Å². The molecular weight excluding hydrogens is 798 g/mol. The number of fused-ring (bicyclic) bond motifs is 1. The summed E-state index contributed by atoms with van der Waals surface area (Å²) in [5, 5.41) is 5.34. The van der Waals surface area contributed by atoms with Crippen LogP contribution in [0.1, 0.15) is 79.0 Å². The minimum Gasteiger partial charge on any atom is -0.382 e. The largest absolute Gasteiger partial charge is 0.382 e. The number of piperidine rings is 1. The maximum Gasteiger partial charge on any atom is 0.264 e. The molecule has 61 heavy (non-hydrogen) atoms. The maximum absolute atomic E-state index is 13.2. The van der Waals surface area contributed by atoms with E-state index in [4.69, 9.17) is 52.1 Å². The molecule has 2 heterocycles. The number of imide groups is 2. The number of nitrogens with zero attached hydrogens (tertiary/aromatic N) is 1. The summed E-state index contributed by atoms with van der Waals surface area (Å²) in [7, 11) is 0. The molecule has 4 amide bonds. The lowest BCUT2D eigenvalue weighted by Crippen LogP contribution is -2.54. The molecule has 0 radical (unpaired) electrons. The van der Waals surface area contributed by atoms with E-state index in [0.717, 1.165) is 17.9 Å². The predicted molar refractivity (Wildman–Crippen MR) is 224 cm³/mol. The van der Waals surface area contributed by atoms with Gasteiger partial charge in [0.25, 0.3) is 11.8 Å². The molecule has 0 spiro atoms. The van der Waals surface area contributed by atoms with Crippen LogP contribution in [0.25, 0.3) is 0 Å². The number of nitrogens with one attached hydrogen (secondary N) is 2. The second-order valence-electron chi connectivity index (χ2n) is 14.1. The van der Waals surface area contributed by atoms with Crippen molar-refractivity contribution in [2.45, 2.75) is 64.3 Å². The van der Waals surface area contributed by atoms with Gasteiger partial charge in [-0.15, -0.1) is 0 Å². The van der Waals surface area contributed by atoms with Crippen molar-refractivity contribution in [3.63, 3.8) is 0 Å². The van der Waals surface area contributed by atoms with Gasteiger partial charge in [-0.1, -0.05) is 45.1 Å². The molecule has 1 atom stereocenters. The molecule has 18 nitrogen and oxygen atoms in total. The lowest BCUT2D eigenvalue weighted by Gasteiger charge is -2.27. The number of benzene rings is 1. The molecule has 18 heteroatoms. The van der Waals surface area contributed by atoms with Gasteiger partial charge in [0.05, 0.1) is 150 Å². The normalized spacial score (nSPS) is 15.2. The summed E-state index contributed by atoms with van der Waals surface area (Å²) in [6.45, 7) is 13.5. The Balaban J connectivity index is 0.969. The Kier molecular flexibility index (Phi) is 30.2. The second kappa shape index (κ2) is 35.3. The molecule has 3 rings (SSSR count). The molecule has 0 saturated carbocycles. The number of hydrogen-bond donors (Lipinski definition) is 2. The van der Waals surface area contributed by atoms with Crippen molar-refractivity contribution in [3.05, 3.63) is 29.3 Å². The highest BCUT2D eigenvalue weighted by atomic mass is 16.6. The third-order valence-corrected chi connectivity index (χ3v) is 9.39. The van der Waals surface area contributed by atoms with Crippen molar-refractivity contribution in [1.29, 1.82) is 0 Å². The highest BCUT2D eigenvalue weighted by Crippen LogP contribution is 2.32. The van der Waals surface area contributed by atoms with E-state index in [1.807, 2.05) is 0 Å². The van der Waals surface area contributed by atoms with Crippen molar-refractivity contribution in [2.75, 3.05) is 157 Å². The quantitative estimate of drug-likeness (QED) is 0.0718. The van der Waals surface area contributed by atoms with Gasteiger partial charge in [0.2, 0.25) is 11.8 Å². The molecule has 1 unspecified atom stereocenters. The number of amides is 4. The average Bonchev–Trinajstić information content (AvgIpc) is 3.51. The molecule has 1 fully saturated rings. The first-order valence-electron chi connectivity index (χ1n) is 22.0. The van der Waals surface area contributed by atoms with Crippen molar-refractivity contribution in [3.8, 4) is 0 Å². The zero-order valence-electron chi connectivity index (χ0n) is 36.3. The zero-order chi connectivity index (χ0) is 43.4. The van der Waals surface area contributed by atoms with Gasteiger partial charge < -0.3 is 57.4 Å². The smallest absolute Gasteiger partial charge is 0.264 e. The van der Waals surface area contributed by atoms with E-state index in [9.17, 15) is 19.2 Å². The van der Waals surface area contributed by atoms with E-state index < -0.39 is 29.7 Å². The van der Waals surface area contributed by atoms with Crippen LogP contribution in [0.15, 0.2) is 18.2 Å². The Hall–Kier alpha value is -3.14. The first kappa shape index (κ1) is 52.2. The number of carbonyl (C=O) groups is 4. The Morgan fingerprint density at radius 3 is 1.38 bits per heavy atom. The standard InChI is InChI=1S/C43H71N3O15/c1-2-3-4-5-6-7-14-51-16-18-53-20-22-55-24-26-57-28-30-59-32-34-61-35-33-60-31-29-58-27-25-56-23-21-54-19-17-52-15-13-44-37-10-8-9-36-40(37)43(50)46(42(36)49)38-11-12-39(47)45-41(38)48/h8-10,38,44H,2-7,11-35H2,1H3,(H,45,47,48). The highest BCUT2D eigenvalue weighted by molar-refractivity contribution is 6.25. The summed E-state index contributed by atoms with van der Waals surface area (Å²) in [5.74, 6) is -2.17. The molecule has 2 aliphatic rings. The Morgan fingerprint density at radius 1 is 0.525 bits per heavy atom. The van der Waals surface area contributed by atoms with Crippen LogP contribution in [0, 0.1) is 0 Å². The summed E-state index contributed by atoms with van der Waals surface area (Å²) in [5.41, 5.74) is 0.910. The lowest BCUT2D eigenvalue weighted by molar-refractivity contribution is -0.136. The number of carbonyl (C=O) groups excluding carboxylic acids is 4. The van der Waals surface area contributed by atoms with Crippen LogP contribution in [0.2, 0.25) is 0 Å². The van der Waals surface area contributed by atoms with Crippen molar-refractivity contribution < 1.29 is 71.3 Å². The topological polar surface area (TPSA) is 197 Å². The van der Waals surface area contributed by atoms with E-state index in [-0.39, 0.29) is 24.0 Å². The second-order valence-corrected chi connectivity index (χ2v) is 14.1. The number of unbranched alkanes of at least 4 members (excludes halogenated alkanes) is 5. The summed E-state index contributed by atoms with van der Waals surface area (Å²) in [6, 6.07) is 3.91. The average molecular weight is 870 g/mol. The summed E-state index contributed by atoms with van der Waals surface area (Å²) >= 11 is 0. The van der Waals surface area contributed by atoms with Gasteiger partial charge >= 0.3 is 0 Å². The van der Waals surface area contributed by atoms with Crippen LogP contribution in [0.4, 0.5) is 5.69 Å². The molecule has 0 aliphatic carbocycles. The predicted octanol–water partition coefficient (Wildman–Crippen LogP) is 3.04. The summed E-state index contributed by atoms with van der Waals surface area (Å²) < 4.78 is 60.8. The molecule has 0 aromatic heterocycles. The van der Waals surface area contributed by atoms with Gasteiger partial charge in [0.15, 0.2) is 0 Å². The van der Waals surface area contributed by atoms with Crippen LogP contribution in [-0.4, -0.2) is 186 Å². The van der Waals surface area contributed by atoms with Crippen molar-refractivity contribution in [2.24, 2.45) is 0 Å². The van der Waals surface area contributed by atoms with Crippen LogP contribution >= 0.6 is 0 Å². The van der Waals surface area contributed by atoms with Crippen LogP contribution in [0.5, 0.6) is 0 Å². The van der Waals surface area contributed by atoms with E-state index in [1.54, 1.807) is 18.2 Å². The molecule has 0 bridgehead atoms. The van der Waals surface area contributed by atoms with Gasteiger partial charge in [-0.3, -0.25) is 29.4 Å². The van der Waals surface area contributed by atoms with Gasteiger partial charge in [0.1, 0.15) is 6.04 Å². The number of rotatable bonds is 42. The number of hydrogen-bond acceptors (Lipinski definition) is 16. The monoisotopic (exact) mass is 869 g/mol. The molecule has 1 saturated heterocycles. The van der Waals surface area contributed by atoms with E-state index in [2.05, 4.69) is 17.6 Å². The van der Waals surface area contributed by atoms with E-state index in [0.29, 0.717) is 151 Å². The van der Waals surface area contributed by atoms with Crippen LogP contribution < -0.4 is 10.6 Å². The lowest BCUT2D eigenvalue weighted by atomic mass is 10.0. The molecule has 1 aromatic carbocycles. The molecule has 2 aliphatic heterocycles. The first-order chi connectivity index (χ1) is 30.0.